The predicted octanol–water partition coefficient (Wildman–Crippen LogP) is 1.98. The number of amides is 1. The first-order valence-corrected chi connectivity index (χ1v) is 5.34. The number of H-pyrrole nitrogens is 1. The number of anilines is 1. The molecule has 17 heavy (non-hydrogen) atoms. The second-order valence-corrected chi connectivity index (χ2v) is 3.95. The minimum absolute atomic E-state index is 0.156. The van der Waals surface area contributed by atoms with Gasteiger partial charge in [0.05, 0.1) is 0 Å². The van der Waals surface area contributed by atoms with Crippen molar-refractivity contribution in [2.45, 2.75) is 20.8 Å². The topological polar surface area (TPSA) is 70.7 Å². The predicted molar refractivity (Wildman–Crippen MR) is 65.0 cm³/mol. The molecule has 5 nitrogen and oxygen atoms in total. The van der Waals surface area contributed by atoms with Crippen molar-refractivity contribution in [2.75, 3.05) is 5.32 Å². The molecule has 0 saturated heterocycles. The Bertz CT molecular complexity index is 559. The first-order valence-electron chi connectivity index (χ1n) is 5.34. The summed E-state index contributed by atoms with van der Waals surface area (Å²) in [6, 6.07) is 5.77. The Labute approximate surface area is 99.3 Å². The van der Waals surface area contributed by atoms with E-state index in [9.17, 15) is 4.79 Å². The highest BCUT2D eigenvalue weighted by atomic mass is 16.2. The SMILES string of the molecule is Cc1nc(C(=O)Nc2cccc(C)c2C)n[nH]1. The standard InChI is InChI=1S/C12H14N4O/c1-7-5-4-6-10(8(7)2)14-12(17)11-13-9(3)15-16-11/h4-6H,1-3H3,(H,14,17)(H,13,15,16). The number of rotatable bonds is 2. The van der Waals surface area contributed by atoms with Crippen molar-refractivity contribution in [1.82, 2.24) is 15.2 Å². The van der Waals surface area contributed by atoms with Gasteiger partial charge in [-0.3, -0.25) is 9.89 Å². The van der Waals surface area contributed by atoms with Gasteiger partial charge in [-0.2, -0.15) is 0 Å². The van der Waals surface area contributed by atoms with E-state index in [4.69, 9.17) is 0 Å². The normalized spacial score (nSPS) is 10.3. The summed E-state index contributed by atoms with van der Waals surface area (Å²) in [5.41, 5.74) is 2.97. The fraction of sp³-hybridized carbons (Fsp3) is 0.250. The Kier molecular flexibility index (Phi) is 2.91. The third-order valence-electron chi connectivity index (χ3n) is 2.65. The van der Waals surface area contributed by atoms with Gasteiger partial charge in [-0.15, -0.1) is 5.10 Å². The van der Waals surface area contributed by atoms with E-state index in [0.29, 0.717) is 5.82 Å². The van der Waals surface area contributed by atoms with Crippen molar-refractivity contribution < 1.29 is 4.79 Å². The van der Waals surface area contributed by atoms with E-state index in [1.54, 1.807) is 6.92 Å². The van der Waals surface area contributed by atoms with Gasteiger partial charge < -0.3 is 5.32 Å². The molecule has 0 spiro atoms. The van der Waals surface area contributed by atoms with Crippen molar-refractivity contribution in [3.8, 4) is 0 Å². The highest BCUT2D eigenvalue weighted by Crippen LogP contribution is 2.18. The van der Waals surface area contributed by atoms with Crippen LogP contribution in [0.5, 0.6) is 0 Å². The van der Waals surface area contributed by atoms with E-state index in [-0.39, 0.29) is 11.7 Å². The minimum Gasteiger partial charge on any atom is -0.319 e. The summed E-state index contributed by atoms with van der Waals surface area (Å²) < 4.78 is 0. The molecule has 0 fully saturated rings. The van der Waals surface area contributed by atoms with Gasteiger partial charge in [0.15, 0.2) is 0 Å². The summed E-state index contributed by atoms with van der Waals surface area (Å²) in [4.78, 5) is 15.8. The number of carbonyl (C=O) groups is 1. The maximum atomic E-state index is 11.8. The number of nitrogens with zero attached hydrogens (tertiary/aromatic N) is 2. The smallest absolute Gasteiger partial charge is 0.295 e. The Hall–Kier alpha value is -2.17. The Morgan fingerprint density at radius 3 is 2.71 bits per heavy atom. The molecule has 5 heteroatoms. The first kappa shape index (κ1) is 11.3. The zero-order chi connectivity index (χ0) is 12.4. The molecule has 1 heterocycles. The Balaban J connectivity index is 2.21. The summed E-state index contributed by atoms with van der Waals surface area (Å²) in [6.07, 6.45) is 0. The molecule has 0 aliphatic rings. The summed E-state index contributed by atoms with van der Waals surface area (Å²) in [5, 5.41) is 9.25. The van der Waals surface area contributed by atoms with Crippen LogP contribution in [0.2, 0.25) is 0 Å². The van der Waals surface area contributed by atoms with Crippen molar-refractivity contribution in [2.24, 2.45) is 0 Å². The number of nitrogens with one attached hydrogen (secondary N) is 2. The first-order chi connectivity index (χ1) is 8.08. The van der Waals surface area contributed by atoms with Gasteiger partial charge in [-0.1, -0.05) is 12.1 Å². The van der Waals surface area contributed by atoms with Crippen LogP contribution >= 0.6 is 0 Å². The lowest BCUT2D eigenvalue weighted by Crippen LogP contribution is -2.14. The van der Waals surface area contributed by atoms with Crippen LogP contribution < -0.4 is 5.32 Å². The van der Waals surface area contributed by atoms with Gasteiger partial charge in [0.1, 0.15) is 5.82 Å². The largest absolute Gasteiger partial charge is 0.319 e. The third kappa shape index (κ3) is 2.33. The van der Waals surface area contributed by atoms with Gasteiger partial charge in [-0.05, 0) is 38.0 Å². The number of aryl methyl sites for hydroxylation is 2. The van der Waals surface area contributed by atoms with Crippen LogP contribution in [0, 0.1) is 20.8 Å². The summed E-state index contributed by atoms with van der Waals surface area (Å²) >= 11 is 0. The fourth-order valence-electron chi connectivity index (χ4n) is 1.51. The van der Waals surface area contributed by atoms with Crippen LogP contribution in [0.3, 0.4) is 0 Å². The lowest BCUT2D eigenvalue weighted by Gasteiger charge is -2.08. The molecular formula is C12H14N4O. The average Bonchev–Trinajstić information content (AvgIpc) is 2.72. The zero-order valence-electron chi connectivity index (χ0n) is 10.0. The maximum Gasteiger partial charge on any atom is 0.295 e. The molecule has 2 aromatic rings. The number of carbonyl (C=O) groups excluding carboxylic acids is 1. The summed E-state index contributed by atoms with van der Waals surface area (Å²) in [6.45, 7) is 5.72. The van der Waals surface area contributed by atoms with Gasteiger partial charge in [0.25, 0.3) is 5.91 Å². The minimum atomic E-state index is -0.303. The molecule has 0 saturated carbocycles. The molecule has 0 radical (unpaired) electrons. The highest BCUT2D eigenvalue weighted by Gasteiger charge is 2.12. The molecule has 88 valence electrons. The van der Waals surface area contributed by atoms with Crippen LogP contribution in [-0.4, -0.2) is 21.1 Å². The number of aromatic amines is 1. The van der Waals surface area contributed by atoms with Gasteiger partial charge in [0, 0.05) is 5.69 Å². The maximum absolute atomic E-state index is 11.8. The van der Waals surface area contributed by atoms with Crippen LogP contribution in [0.25, 0.3) is 0 Å². The van der Waals surface area contributed by atoms with Gasteiger partial charge in [-0.25, -0.2) is 4.98 Å². The van der Waals surface area contributed by atoms with Crippen LogP contribution in [-0.2, 0) is 0 Å². The summed E-state index contributed by atoms with van der Waals surface area (Å²) in [7, 11) is 0. The Morgan fingerprint density at radius 2 is 2.06 bits per heavy atom. The second kappa shape index (κ2) is 4.37. The zero-order valence-corrected chi connectivity index (χ0v) is 10.0. The van der Waals surface area contributed by atoms with Crippen molar-refractivity contribution in [1.29, 1.82) is 0 Å². The second-order valence-electron chi connectivity index (χ2n) is 3.95. The molecule has 0 aliphatic heterocycles. The number of hydrogen-bond acceptors (Lipinski definition) is 3. The van der Waals surface area contributed by atoms with E-state index < -0.39 is 0 Å². The van der Waals surface area contributed by atoms with Crippen molar-refractivity contribution >= 4 is 11.6 Å². The Morgan fingerprint density at radius 1 is 1.29 bits per heavy atom. The molecule has 0 atom stereocenters. The molecular weight excluding hydrogens is 216 g/mol. The monoisotopic (exact) mass is 230 g/mol. The van der Waals surface area contributed by atoms with Crippen LogP contribution in [0.15, 0.2) is 18.2 Å². The molecule has 0 unspecified atom stereocenters. The quantitative estimate of drug-likeness (QED) is 0.828. The van der Waals surface area contributed by atoms with E-state index in [1.807, 2.05) is 32.0 Å². The average molecular weight is 230 g/mol. The lowest BCUT2D eigenvalue weighted by molar-refractivity contribution is 0.101. The summed E-state index contributed by atoms with van der Waals surface area (Å²) in [5.74, 6) is 0.475. The molecule has 1 aromatic heterocycles. The molecule has 0 aliphatic carbocycles. The van der Waals surface area contributed by atoms with E-state index in [1.165, 1.54) is 0 Å². The molecule has 1 aromatic carbocycles. The number of hydrogen-bond donors (Lipinski definition) is 2. The van der Waals surface area contributed by atoms with Gasteiger partial charge in [0.2, 0.25) is 5.82 Å². The molecule has 0 bridgehead atoms. The highest BCUT2D eigenvalue weighted by molar-refractivity contribution is 6.01. The van der Waals surface area contributed by atoms with E-state index >= 15 is 0 Å². The lowest BCUT2D eigenvalue weighted by atomic mass is 10.1. The number of benzene rings is 1. The number of aromatic nitrogens is 3. The van der Waals surface area contributed by atoms with E-state index in [0.717, 1.165) is 16.8 Å². The fourth-order valence-corrected chi connectivity index (χ4v) is 1.51. The van der Waals surface area contributed by atoms with E-state index in [2.05, 4.69) is 20.5 Å². The molecule has 2 rings (SSSR count). The van der Waals surface area contributed by atoms with Crippen LogP contribution in [0.4, 0.5) is 5.69 Å². The van der Waals surface area contributed by atoms with Gasteiger partial charge >= 0.3 is 0 Å². The third-order valence-corrected chi connectivity index (χ3v) is 2.65. The van der Waals surface area contributed by atoms with Crippen molar-refractivity contribution in [3.05, 3.63) is 41.0 Å². The van der Waals surface area contributed by atoms with Crippen LogP contribution in [0.1, 0.15) is 27.6 Å². The van der Waals surface area contributed by atoms with Crippen molar-refractivity contribution in [3.63, 3.8) is 0 Å². The molecule has 1 amide bonds. The molecule has 2 N–H and O–H groups in total.